The monoisotopic (exact) mass is 421 g/mol. The minimum atomic E-state index is -3.30. The molecule has 1 aliphatic rings. The normalized spacial score (nSPS) is 19.2. The summed E-state index contributed by atoms with van der Waals surface area (Å²) in [4.78, 5) is 11.8. The Morgan fingerprint density at radius 2 is 1.90 bits per heavy atom. The molecule has 0 radical (unpaired) electrons. The first kappa shape index (κ1) is 21.0. The number of carbonyl (C=O) groups is 1. The van der Waals surface area contributed by atoms with E-state index in [1.54, 1.807) is 24.3 Å². The first-order chi connectivity index (χ1) is 13.7. The highest BCUT2D eigenvalue weighted by molar-refractivity contribution is 7.92. The Bertz CT molecular complexity index is 940. The Morgan fingerprint density at radius 3 is 2.55 bits per heavy atom. The summed E-state index contributed by atoms with van der Waals surface area (Å²) in [5.41, 5.74) is 2.29. The fraction of sp³-hybridized carbons (Fsp3) is 0.474. The molecule has 158 valence electrons. The van der Waals surface area contributed by atoms with Crippen LogP contribution in [0.5, 0.6) is 0 Å². The zero-order valence-corrected chi connectivity index (χ0v) is 17.5. The molecule has 1 heterocycles. The molecule has 3 rings (SSSR count). The summed E-state index contributed by atoms with van der Waals surface area (Å²) in [6, 6.07) is 8.90. The van der Waals surface area contributed by atoms with Crippen LogP contribution in [0.2, 0.25) is 0 Å². The first-order valence-electron chi connectivity index (χ1n) is 9.55. The van der Waals surface area contributed by atoms with Crippen LogP contribution in [0.3, 0.4) is 0 Å². The van der Waals surface area contributed by atoms with E-state index in [1.807, 2.05) is 19.9 Å². The lowest BCUT2D eigenvalue weighted by molar-refractivity contribution is 0.0981. The van der Waals surface area contributed by atoms with E-state index in [0.717, 1.165) is 36.9 Å². The van der Waals surface area contributed by atoms with Crippen molar-refractivity contribution in [2.24, 2.45) is 0 Å². The number of aromatic nitrogens is 2. The largest absolute Gasteiger partial charge is 0.446 e. The topological polar surface area (TPSA) is 125 Å². The molecule has 1 aliphatic carbocycles. The molecule has 1 aromatic heterocycles. The van der Waals surface area contributed by atoms with Crippen LogP contribution in [0, 0.1) is 0 Å². The van der Waals surface area contributed by atoms with Crippen molar-refractivity contribution in [3.05, 3.63) is 36.0 Å². The number of sulfonamides is 1. The van der Waals surface area contributed by atoms with Crippen molar-refractivity contribution < 1.29 is 17.9 Å². The van der Waals surface area contributed by atoms with Crippen molar-refractivity contribution in [2.75, 3.05) is 16.3 Å². The predicted octanol–water partition coefficient (Wildman–Crippen LogP) is 3.30. The lowest BCUT2D eigenvalue weighted by atomic mass is 10.0. The van der Waals surface area contributed by atoms with E-state index in [9.17, 15) is 13.2 Å². The Morgan fingerprint density at radius 1 is 1.21 bits per heavy atom. The molecule has 10 heteroatoms. The number of ether oxygens (including phenoxy) is 1. The third-order valence-electron chi connectivity index (χ3n) is 4.56. The third kappa shape index (κ3) is 6.38. The maximum absolute atomic E-state index is 11.8. The molecule has 2 aromatic rings. The van der Waals surface area contributed by atoms with Gasteiger partial charge in [-0.1, -0.05) is 0 Å². The molecule has 2 atom stereocenters. The number of amides is 1. The van der Waals surface area contributed by atoms with Gasteiger partial charge < -0.3 is 15.4 Å². The standard InChI is InChI=1S/C19H27N5O4S/c1-12(2)20-19(25)28-16-9-4-13(10-16)17-11-18(23-22-17)21-14-5-7-15(8-6-14)24-29(3,26)27/h5-8,11-13,16,24H,4,9-10H2,1-3H3,(H,20,25)(H2,21,22,23). The molecule has 29 heavy (non-hydrogen) atoms. The highest BCUT2D eigenvalue weighted by Crippen LogP contribution is 2.36. The van der Waals surface area contributed by atoms with Gasteiger partial charge in [0.1, 0.15) is 6.10 Å². The van der Waals surface area contributed by atoms with Crippen molar-refractivity contribution in [2.45, 2.75) is 51.2 Å². The van der Waals surface area contributed by atoms with Gasteiger partial charge in [-0.05, 0) is 57.4 Å². The molecule has 9 nitrogen and oxygen atoms in total. The van der Waals surface area contributed by atoms with E-state index in [-0.39, 0.29) is 24.2 Å². The minimum absolute atomic E-state index is 0.0529. The maximum atomic E-state index is 11.8. The Kier molecular flexibility index (Phi) is 6.31. The molecule has 1 saturated carbocycles. The van der Waals surface area contributed by atoms with Crippen LogP contribution in [-0.4, -0.2) is 43.1 Å². The molecular weight excluding hydrogens is 394 g/mol. The number of hydrogen-bond acceptors (Lipinski definition) is 6. The van der Waals surface area contributed by atoms with Crippen LogP contribution in [0.1, 0.15) is 44.7 Å². The predicted molar refractivity (Wildman–Crippen MR) is 112 cm³/mol. The summed E-state index contributed by atoms with van der Waals surface area (Å²) >= 11 is 0. The molecule has 1 fully saturated rings. The number of nitrogens with zero attached hydrogens (tertiary/aromatic N) is 1. The molecule has 0 saturated heterocycles. The van der Waals surface area contributed by atoms with Crippen molar-refractivity contribution in [3.8, 4) is 0 Å². The van der Waals surface area contributed by atoms with E-state index in [0.29, 0.717) is 11.5 Å². The van der Waals surface area contributed by atoms with Crippen LogP contribution in [-0.2, 0) is 14.8 Å². The number of anilines is 3. The van der Waals surface area contributed by atoms with Gasteiger partial charge in [0.25, 0.3) is 0 Å². The SMILES string of the molecule is CC(C)NC(=O)OC1CCC(c2cc(Nc3ccc(NS(C)(=O)=O)cc3)n[nH]2)C1. The summed E-state index contributed by atoms with van der Waals surface area (Å²) in [7, 11) is -3.30. The molecule has 1 aromatic carbocycles. The van der Waals surface area contributed by atoms with E-state index in [1.165, 1.54) is 0 Å². The number of rotatable bonds is 7. The summed E-state index contributed by atoms with van der Waals surface area (Å²) < 4.78 is 30.4. The van der Waals surface area contributed by atoms with Gasteiger partial charge >= 0.3 is 6.09 Å². The Balaban J connectivity index is 1.54. The van der Waals surface area contributed by atoms with Gasteiger partial charge in [0.05, 0.1) is 6.26 Å². The average molecular weight is 422 g/mol. The van der Waals surface area contributed by atoms with Gasteiger partial charge in [-0.2, -0.15) is 5.10 Å². The summed E-state index contributed by atoms with van der Waals surface area (Å²) in [6.45, 7) is 3.79. The molecule has 0 spiro atoms. The second-order valence-electron chi connectivity index (χ2n) is 7.62. The fourth-order valence-electron chi connectivity index (χ4n) is 3.34. The molecule has 1 amide bonds. The molecule has 0 bridgehead atoms. The number of carbonyl (C=O) groups excluding carboxylic acids is 1. The zero-order chi connectivity index (χ0) is 21.0. The van der Waals surface area contributed by atoms with Gasteiger partial charge in [-0.3, -0.25) is 9.82 Å². The minimum Gasteiger partial charge on any atom is -0.446 e. The number of nitrogens with one attached hydrogen (secondary N) is 4. The zero-order valence-electron chi connectivity index (χ0n) is 16.7. The van der Waals surface area contributed by atoms with Gasteiger partial charge in [-0.25, -0.2) is 13.2 Å². The summed E-state index contributed by atoms with van der Waals surface area (Å²) in [5.74, 6) is 0.932. The highest BCUT2D eigenvalue weighted by atomic mass is 32.2. The molecule has 2 unspecified atom stereocenters. The van der Waals surface area contributed by atoms with Crippen molar-refractivity contribution in [1.82, 2.24) is 15.5 Å². The maximum Gasteiger partial charge on any atom is 0.407 e. The average Bonchev–Trinajstić information content (AvgIpc) is 3.24. The highest BCUT2D eigenvalue weighted by Gasteiger charge is 2.30. The van der Waals surface area contributed by atoms with Crippen LogP contribution in [0.25, 0.3) is 0 Å². The number of alkyl carbamates (subject to hydrolysis) is 1. The quantitative estimate of drug-likeness (QED) is 0.544. The number of benzene rings is 1. The van der Waals surface area contributed by atoms with Gasteiger partial charge in [0.15, 0.2) is 5.82 Å². The van der Waals surface area contributed by atoms with Crippen LogP contribution in [0.4, 0.5) is 22.0 Å². The van der Waals surface area contributed by atoms with Crippen LogP contribution < -0.4 is 15.4 Å². The lowest BCUT2D eigenvalue weighted by Crippen LogP contribution is -2.33. The second-order valence-corrected chi connectivity index (χ2v) is 9.37. The van der Waals surface area contributed by atoms with Crippen LogP contribution in [0.15, 0.2) is 30.3 Å². The van der Waals surface area contributed by atoms with Crippen LogP contribution >= 0.6 is 0 Å². The molecule has 4 N–H and O–H groups in total. The van der Waals surface area contributed by atoms with Crippen molar-refractivity contribution in [3.63, 3.8) is 0 Å². The Labute approximate surface area is 170 Å². The van der Waals surface area contributed by atoms with E-state index < -0.39 is 10.0 Å². The summed E-state index contributed by atoms with van der Waals surface area (Å²) in [5, 5.41) is 13.3. The first-order valence-corrected chi connectivity index (χ1v) is 11.4. The number of hydrogen-bond donors (Lipinski definition) is 4. The summed E-state index contributed by atoms with van der Waals surface area (Å²) in [6.07, 6.45) is 3.17. The van der Waals surface area contributed by atoms with Gasteiger partial charge in [0, 0.05) is 35.1 Å². The number of H-pyrrole nitrogens is 1. The second kappa shape index (κ2) is 8.73. The van der Waals surface area contributed by atoms with E-state index >= 15 is 0 Å². The number of aromatic amines is 1. The van der Waals surface area contributed by atoms with Gasteiger partial charge in [0.2, 0.25) is 10.0 Å². The lowest BCUT2D eigenvalue weighted by Gasteiger charge is -2.14. The van der Waals surface area contributed by atoms with Crippen molar-refractivity contribution >= 4 is 33.3 Å². The van der Waals surface area contributed by atoms with E-state index in [4.69, 9.17) is 4.74 Å². The smallest absolute Gasteiger partial charge is 0.407 e. The Hall–Kier alpha value is -2.75. The van der Waals surface area contributed by atoms with E-state index in [2.05, 4.69) is 25.6 Å². The third-order valence-corrected chi connectivity index (χ3v) is 5.17. The molecule has 0 aliphatic heterocycles. The van der Waals surface area contributed by atoms with Crippen molar-refractivity contribution in [1.29, 1.82) is 0 Å². The van der Waals surface area contributed by atoms with Gasteiger partial charge in [-0.15, -0.1) is 0 Å². The fourth-order valence-corrected chi connectivity index (χ4v) is 3.91. The molecular formula is C19H27N5O4S.